The lowest BCUT2D eigenvalue weighted by molar-refractivity contribution is 0.0846. The molecule has 98 valence electrons. The summed E-state index contributed by atoms with van der Waals surface area (Å²) in [7, 11) is 4.01. The molecule has 0 saturated heterocycles. The summed E-state index contributed by atoms with van der Waals surface area (Å²) in [5.74, 6) is 0. The van der Waals surface area contributed by atoms with E-state index < -0.39 is 0 Å². The van der Waals surface area contributed by atoms with E-state index in [4.69, 9.17) is 4.74 Å². The van der Waals surface area contributed by atoms with Crippen LogP contribution >= 0.6 is 11.3 Å². The molecule has 1 aromatic rings. The molecule has 0 saturated carbocycles. The van der Waals surface area contributed by atoms with E-state index in [9.17, 15) is 0 Å². The van der Waals surface area contributed by atoms with Gasteiger partial charge in [-0.05, 0) is 27.8 Å². The summed E-state index contributed by atoms with van der Waals surface area (Å²) < 4.78 is 5.53. The molecule has 1 rings (SSSR count). The Morgan fingerprint density at radius 1 is 1.47 bits per heavy atom. The Hall–Kier alpha value is -0.650. The molecule has 17 heavy (non-hydrogen) atoms. The number of thiazole rings is 1. The summed E-state index contributed by atoms with van der Waals surface area (Å²) in [6.45, 7) is 7.86. The second-order valence-electron chi connectivity index (χ2n) is 4.40. The zero-order valence-electron chi connectivity index (χ0n) is 11.4. The molecule has 1 N–H and O–H groups in total. The third kappa shape index (κ3) is 4.61. The summed E-state index contributed by atoms with van der Waals surface area (Å²) >= 11 is 1.73. The standard InChI is InChI=1S/C12H23N3OS/c1-9(2)16-7-6-15(5)12-14-8-11(17-12)10(3)13-4/h8-10,13H,6-7H2,1-5H3. The van der Waals surface area contributed by atoms with E-state index in [1.54, 1.807) is 11.3 Å². The first-order valence-electron chi connectivity index (χ1n) is 6.00. The molecular weight excluding hydrogens is 234 g/mol. The van der Waals surface area contributed by atoms with Crippen molar-refractivity contribution in [3.05, 3.63) is 11.1 Å². The zero-order chi connectivity index (χ0) is 12.8. The Balaban J connectivity index is 2.46. The maximum absolute atomic E-state index is 5.53. The highest BCUT2D eigenvalue weighted by molar-refractivity contribution is 7.15. The molecule has 1 aromatic heterocycles. The first-order valence-corrected chi connectivity index (χ1v) is 6.82. The van der Waals surface area contributed by atoms with Gasteiger partial charge in [0.1, 0.15) is 0 Å². The van der Waals surface area contributed by atoms with Gasteiger partial charge >= 0.3 is 0 Å². The molecule has 4 nitrogen and oxygen atoms in total. The van der Waals surface area contributed by atoms with Crippen LogP contribution in [0.2, 0.25) is 0 Å². The maximum Gasteiger partial charge on any atom is 0.185 e. The molecule has 1 unspecified atom stereocenters. The van der Waals surface area contributed by atoms with E-state index in [0.29, 0.717) is 12.1 Å². The fourth-order valence-corrected chi connectivity index (χ4v) is 2.28. The third-order valence-corrected chi connectivity index (χ3v) is 3.87. The van der Waals surface area contributed by atoms with Crippen molar-refractivity contribution in [2.45, 2.75) is 32.9 Å². The molecule has 0 aromatic carbocycles. The van der Waals surface area contributed by atoms with Gasteiger partial charge in [-0.25, -0.2) is 4.98 Å². The van der Waals surface area contributed by atoms with E-state index >= 15 is 0 Å². The highest BCUT2D eigenvalue weighted by Gasteiger charge is 2.10. The van der Waals surface area contributed by atoms with Crippen LogP contribution in [0.15, 0.2) is 6.20 Å². The highest BCUT2D eigenvalue weighted by atomic mass is 32.1. The summed E-state index contributed by atoms with van der Waals surface area (Å²) in [5.41, 5.74) is 0. The zero-order valence-corrected chi connectivity index (χ0v) is 12.2. The molecule has 0 aliphatic heterocycles. The fourth-order valence-electron chi connectivity index (χ4n) is 1.32. The van der Waals surface area contributed by atoms with E-state index in [0.717, 1.165) is 18.3 Å². The van der Waals surface area contributed by atoms with Gasteiger partial charge in [-0.3, -0.25) is 0 Å². The molecule has 0 bridgehead atoms. The Labute approximate surface area is 108 Å². The number of ether oxygens (including phenoxy) is 1. The smallest absolute Gasteiger partial charge is 0.185 e. The van der Waals surface area contributed by atoms with E-state index in [1.807, 2.05) is 13.2 Å². The quantitative estimate of drug-likeness (QED) is 0.813. The first-order chi connectivity index (χ1) is 8.04. The SMILES string of the molecule is CNC(C)c1cnc(N(C)CCOC(C)C)s1. The normalized spacial score (nSPS) is 13.1. The van der Waals surface area contributed by atoms with Gasteiger partial charge in [0.2, 0.25) is 0 Å². The monoisotopic (exact) mass is 257 g/mol. The molecule has 0 radical (unpaired) electrons. The largest absolute Gasteiger partial charge is 0.377 e. The van der Waals surface area contributed by atoms with Crippen LogP contribution in [0, 0.1) is 0 Å². The van der Waals surface area contributed by atoms with Crippen molar-refractivity contribution in [3.8, 4) is 0 Å². The highest BCUT2D eigenvalue weighted by Crippen LogP contribution is 2.25. The van der Waals surface area contributed by atoms with Crippen LogP contribution in [-0.4, -0.2) is 38.3 Å². The molecule has 0 fully saturated rings. The number of nitrogens with zero attached hydrogens (tertiary/aromatic N) is 2. The predicted molar refractivity (Wildman–Crippen MR) is 73.9 cm³/mol. The number of hydrogen-bond donors (Lipinski definition) is 1. The average Bonchev–Trinajstić information content (AvgIpc) is 2.76. The molecular formula is C12H23N3OS. The van der Waals surface area contributed by atoms with Crippen molar-refractivity contribution in [2.24, 2.45) is 0 Å². The molecule has 0 aliphatic carbocycles. The lowest BCUT2D eigenvalue weighted by Crippen LogP contribution is -2.23. The van der Waals surface area contributed by atoms with Crippen LogP contribution in [0.5, 0.6) is 0 Å². The van der Waals surface area contributed by atoms with Crippen LogP contribution in [-0.2, 0) is 4.74 Å². The second kappa shape index (κ2) is 6.93. The van der Waals surface area contributed by atoms with E-state index in [1.165, 1.54) is 4.88 Å². The minimum absolute atomic E-state index is 0.291. The van der Waals surface area contributed by atoms with Crippen molar-refractivity contribution < 1.29 is 4.74 Å². The Morgan fingerprint density at radius 3 is 2.76 bits per heavy atom. The topological polar surface area (TPSA) is 37.4 Å². The Kier molecular flexibility index (Phi) is 5.88. The van der Waals surface area contributed by atoms with Crippen LogP contribution in [0.3, 0.4) is 0 Å². The third-order valence-electron chi connectivity index (χ3n) is 2.58. The lowest BCUT2D eigenvalue weighted by atomic mass is 10.3. The van der Waals surface area contributed by atoms with Crippen LogP contribution in [0.4, 0.5) is 5.13 Å². The van der Waals surface area contributed by atoms with Gasteiger partial charge in [0, 0.05) is 30.7 Å². The van der Waals surface area contributed by atoms with Crippen molar-refractivity contribution in [3.63, 3.8) is 0 Å². The van der Waals surface area contributed by atoms with Gasteiger partial charge in [0.25, 0.3) is 0 Å². The first kappa shape index (κ1) is 14.4. The minimum Gasteiger partial charge on any atom is -0.377 e. The fraction of sp³-hybridized carbons (Fsp3) is 0.750. The van der Waals surface area contributed by atoms with E-state index in [2.05, 4.69) is 43.0 Å². The summed E-state index contributed by atoms with van der Waals surface area (Å²) in [5, 5.41) is 4.27. The maximum atomic E-state index is 5.53. The molecule has 1 heterocycles. The van der Waals surface area contributed by atoms with E-state index in [-0.39, 0.29) is 0 Å². The van der Waals surface area contributed by atoms with Gasteiger partial charge in [-0.2, -0.15) is 0 Å². The Morgan fingerprint density at radius 2 is 2.18 bits per heavy atom. The van der Waals surface area contributed by atoms with Gasteiger partial charge < -0.3 is 15.0 Å². The number of aromatic nitrogens is 1. The number of hydrogen-bond acceptors (Lipinski definition) is 5. The van der Waals surface area contributed by atoms with Crippen LogP contribution in [0.1, 0.15) is 31.7 Å². The molecule has 5 heteroatoms. The number of likely N-dealkylation sites (N-methyl/N-ethyl adjacent to an activating group) is 1. The van der Waals surface area contributed by atoms with Gasteiger partial charge in [0.15, 0.2) is 5.13 Å². The van der Waals surface area contributed by atoms with Crippen molar-refractivity contribution in [1.82, 2.24) is 10.3 Å². The molecule has 0 amide bonds. The van der Waals surface area contributed by atoms with Crippen molar-refractivity contribution >= 4 is 16.5 Å². The minimum atomic E-state index is 0.291. The summed E-state index contributed by atoms with van der Waals surface area (Å²) in [4.78, 5) is 7.83. The van der Waals surface area contributed by atoms with Crippen molar-refractivity contribution in [1.29, 1.82) is 0 Å². The van der Waals surface area contributed by atoms with Gasteiger partial charge in [-0.1, -0.05) is 0 Å². The lowest BCUT2D eigenvalue weighted by Gasteiger charge is -2.16. The van der Waals surface area contributed by atoms with Gasteiger partial charge in [-0.15, -0.1) is 11.3 Å². The number of anilines is 1. The van der Waals surface area contributed by atoms with Crippen LogP contribution in [0.25, 0.3) is 0 Å². The molecule has 1 atom stereocenters. The molecule has 0 spiro atoms. The predicted octanol–water partition coefficient (Wildman–Crippen LogP) is 2.28. The summed E-state index contributed by atoms with van der Waals surface area (Å²) in [6, 6.07) is 0.363. The number of rotatable bonds is 7. The van der Waals surface area contributed by atoms with Crippen molar-refractivity contribution in [2.75, 3.05) is 32.1 Å². The van der Waals surface area contributed by atoms with Gasteiger partial charge in [0.05, 0.1) is 12.7 Å². The van der Waals surface area contributed by atoms with Crippen LogP contribution < -0.4 is 10.2 Å². The summed E-state index contributed by atoms with van der Waals surface area (Å²) in [6.07, 6.45) is 2.24. The number of nitrogens with one attached hydrogen (secondary N) is 1. The Bertz CT molecular complexity index is 327. The molecule has 0 aliphatic rings. The average molecular weight is 257 g/mol. The second-order valence-corrected chi connectivity index (χ2v) is 5.44.